The second-order valence-corrected chi connectivity index (χ2v) is 7.21. The first-order valence-electron chi connectivity index (χ1n) is 7.97. The molecule has 2 N–H and O–H groups in total. The minimum absolute atomic E-state index is 0.0645. The number of pyridine rings is 1. The summed E-state index contributed by atoms with van der Waals surface area (Å²) in [7, 11) is -2.48. The normalized spacial score (nSPS) is 10.9. The predicted octanol–water partition coefficient (Wildman–Crippen LogP) is 3.14. The maximum absolute atomic E-state index is 12.6. The van der Waals surface area contributed by atoms with E-state index in [9.17, 15) is 13.2 Å². The van der Waals surface area contributed by atoms with E-state index in [0.29, 0.717) is 11.4 Å². The Morgan fingerprint density at radius 3 is 2.41 bits per heavy atom. The van der Waals surface area contributed by atoms with Gasteiger partial charge < -0.3 is 10.1 Å². The number of para-hydroxylation sites is 1. The fourth-order valence-electron chi connectivity index (χ4n) is 2.39. The van der Waals surface area contributed by atoms with Gasteiger partial charge in [0.15, 0.2) is 0 Å². The van der Waals surface area contributed by atoms with Gasteiger partial charge in [0.2, 0.25) is 0 Å². The van der Waals surface area contributed by atoms with Gasteiger partial charge in [-0.25, -0.2) is 8.42 Å². The number of carbonyl (C=O) groups is 1. The van der Waals surface area contributed by atoms with Crippen LogP contribution in [0.25, 0.3) is 0 Å². The fourth-order valence-corrected chi connectivity index (χ4v) is 3.46. The van der Waals surface area contributed by atoms with E-state index in [1.54, 1.807) is 36.4 Å². The Balaban J connectivity index is 1.92. The van der Waals surface area contributed by atoms with Gasteiger partial charge in [-0.2, -0.15) is 0 Å². The van der Waals surface area contributed by atoms with Crippen molar-refractivity contribution in [3.05, 3.63) is 78.6 Å². The summed E-state index contributed by atoms with van der Waals surface area (Å²) in [4.78, 5) is 16.4. The van der Waals surface area contributed by atoms with E-state index in [0.717, 1.165) is 0 Å². The molecule has 3 aromatic rings. The lowest BCUT2D eigenvalue weighted by molar-refractivity contribution is 0.102. The quantitative estimate of drug-likeness (QED) is 0.681. The minimum atomic E-state index is -3.89. The standard InChI is InChI=1S/C19H17N3O4S/c1-26-18-10-9-16(27(24,25)22-15-8-5-11-20-13-15)12-17(18)19(23)21-14-6-3-2-4-7-14/h2-13,22H,1H3,(H,21,23). The van der Waals surface area contributed by atoms with Gasteiger partial charge in [-0.15, -0.1) is 0 Å². The molecule has 0 bridgehead atoms. The van der Waals surface area contributed by atoms with Crippen molar-refractivity contribution < 1.29 is 17.9 Å². The summed E-state index contributed by atoms with van der Waals surface area (Å²) in [5, 5.41) is 2.72. The maximum atomic E-state index is 12.6. The number of amides is 1. The molecule has 0 aliphatic rings. The molecule has 8 heteroatoms. The van der Waals surface area contributed by atoms with Gasteiger partial charge >= 0.3 is 0 Å². The first kappa shape index (κ1) is 18.4. The van der Waals surface area contributed by atoms with Gasteiger partial charge in [0.1, 0.15) is 5.75 Å². The molecule has 0 unspecified atom stereocenters. The fraction of sp³-hybridized carbons (Fsp3) is 0.0526. The summed E-state index contributed by atoms with van der Waals surface area (Å²) in [6.07, 6.45) is 2.93. The Morgan fingerprint density at radius 2 is 1.74 bits per heavy atom. The molecular weight excluding hydrogens is 366 g/mol. The first-order valence-corrected chi connectivity index (χ1v) is 9.45. The van der Waals surface area contributed by atoms with E-state index < -0.39 is 15.9 Å². The molecule has 27 heavy (non-hydrogen) atoms. The van der Waals surface area contributed by atoms with E-state index in [1.165, 1.54) is 37.7 Å². The van der Waals surface area contributed by atoms with Gasteiger partial charge in [-0.05, 0) is 42.5 Å². The number of benzene rings is 2. The van der Waals surface area contributed by atoms with Crippen LogP contribution in [0.15, 0.2) is 78.0 Å². The number of nitrogens with one attached hydrogen (secondary N) is 2. The van der Waals surface area contributed by atoms with Gasteiger partial charge in [0.05, 0.1) is 29.5 Å². The second-order valence-electron chi connectivity index (χ2n) is 5.53. The highest BCUT2D eigenvalue weighted by Gasteiger charge is 2.20. The molecule has 0 aliphatic carbocycles. The molecule has 1 amide bonds. The number of anilines is 2. The Labute approximate surface area is 157 Å². The van der Waals surface area contributed by atoms with Crippen molar-refractivity contribution >= 4 is 27.3 Å². The van der Waals surface area contributed by atoms with Crippen LogP contribution in [0.4, 0.5) is 11.4 Å². The van der Waals surface area contributed by atoms with E-state index in [2.05, 4.69) is 15.0 Å². The van der Waals surface area contributed by atoms with Crippen molar-refractivity contribution in [1.29, 1.82) is 0 Å². The summed E-state index contributed by atoms with van der Waals surface area (Å²) in [5.74, 6) is -0.208. The predicted molar refractivity (Wildman–Crippen MR) is 102 cm³/mol. The highest BCUT2D eigenvalue weighted by Crippen LogP contribution is 2.25. The van der Waals surface area contributed by atoms with Crippen molar-refractivity contribution in [2.75, 3.05) is 17.1 Å². The van der Waals surface area contributed by atoms with Crippen molar-refractivity contribution in [2.45, 2.75) is 4.90 Å². The second kappa shape index (κ2) is 7.88. The zero-order valence-corrected chi connectivity index (χ0v) is 15.2. The van der Waals surface area contributed by atoms with Crippen molar-refractivity contribution in [3.8, 4) is 5.75 Å². The number of rotatable bonds is 6. The van der Waals surface area contributed by atoms with Crippen LogP contribution in [0.2, 0.25) is 0 Å². The summed E-state index contributed by atoms with van der Waals surface area (Å²) in [6, 6.07) is 16.1. The Hall–Kier alpha value is -3.39. The summed E-state index contributed by atoms with van der Waals surface area (Å²) >= 11 is 0. The Morgan fingerprint density at radius 1 is 1.00 bits per heavy atom. The molecule has 0 atom stereocenters. The molecule has 3 rings (SSSR count). The van der Waals surface area contributed by atoms with Gasteiger partial charge in [0.25, 0.3) is 15.9 Å². The highest BCUT2D eigenvalue weighted by molar-refractivity contribution is 7.92. The largest absolute Gasteiger partial charge is 0.496 e. The molecule has 0 aliphatic heterocycles. The van der Waals surface area contributed by atoms with Crippen molar-refractivity contribution in [2.24, 2.45) is 0 Å². The number of methoxy groups -OCH3 is 1. The minimum Gasteiger partial charge on any atom is -0.496 e. The van der Waals surface area contributed by atoms with Crippen LogP contribution >= 0.6 is 0 Å². The molecule has 7 nitrogen and oxygen atoms in total. The number of carbonyl (C=O) groups excluding carboxylic acids is 1. The number of sulfonamides is 1. The third-order valence-electron chi connectivity index (χ3n) is 3.67. The summed E-state index contributed by atoms with van der Waals surface area (Å²) < 4.78 is 32.9. The third kappa shape index (κ3) is 4.42. The zero-order valence-electron chi connectivity index (χ0n) is 14.4. The number of hydrogen-bond acceptors (Lipinski definition) is 5. The average Bonchev–Trinajstić information content (AvgIpc) is 2.68. The van der Waals surface area contributed by atoms with Crippen LogP contribution in [-0.2, 0) is 10.0 Å². The monoisotopic (exact) mass is 383 g/mol. The van der Waals surface area contributed by atoms with Crippen LogP contribution in [0.5, 0.6) is 5.75 Å². The number of ether oxygens (including phenoxy) is 1. The van der Waals surface area contributed by atoms with E-state index in [1.807, 2.05) is 6.07 Å². The number of hydrogen-bond donors (Lipinski definition) is 2. The van der Waals surface area contributed by atoms with Crippen molar-refractivity contribution in [3.63, 3.8) is 0 Å². The Bertz CT molecular complexity index is 1040. The molecular formula is C19H17N3O4S. The maximum Gasteiger partial charge on any atom is 0.261 e. The number of aromatic nitrogens is 1. The summed E-state index contributed by atoms with van der Waals surface area (Å²) in [6.45, 7) is 0. The van der Waals surface area contributed by atoms with Crippen LogP contribution in [0.1, 0.15) is 10.4 Å². The molecule has 0 spiro atoms. The van der Waals surface area contributed by atoms with Gasteiger partial charge in [-0.1, -0.05) is 18.2 Å². The highest BCUT2D eigenvalue weighted by atomic mass is 32.2. The first-order chi connectivity index (χ1) is 13.0. The van der Waals surface area contributed by atoms with E-state index >= 15 is 0 Å². The third-order valence-corrected chi connectivity index (χ3v) is 5.05. The lowest BCUT2D eigenvalue weighted by Gasteiger charge is -2.12. The summed E-state index contributed by atoms with van der Waals surface area (Å²) in [5.41, 5.74) is 1.02. The smallest absolute Gasteiger partial charge is 0.261 e. The molecule has 138 valence electrons. The van der Waals surface area contributed by atoms with Gasteiger partial charge in [0, 0.05) is 11.9 Å². The van der Waals surface area contributed by atoms with Crippen LogP contribution in [0, 0.1) is 0 Å². The average molecular weight is 383 g/mol. The molecule has 0 radical (unpaired) electrons. The lowest BCUT2D eigenvalue weighted by Crippen LogP contribution is -2.17. The Kier molecular flexibility index (Phi) is 5.37. The van der Waals surface area contributed by atoms with Crippen LogP contribution in [0.3, 0.4) is 0 Å². The lowest BCUT2D eigenvalue weighted by atomic mass is 10.2. The van der Waals surface area contributed by atoms with Crippen LogP contribution in [-0.4, -0.2) is 26.4 Å². The van der Waals surface area contributed by atoms with Crippen molar-refractivity contribution in [1.82, 2.24) is 4.98 Å². The van der Waals surface area contributed by atoms with E-state index in [4.69, 9.17) is 4.74 Å². The van der Waals surface area contributed by atoms with Gasteiger partial charge in [-0.3, -0.25) is 14.5 Å². The molecule has 1 aromatic heterocycles. The molecule has 0 saturated carbocycles. The van der Waals surface area contributed by atoms with Crippen LogP contribution < -0.4 is 14.8 Å². The SMILES string of the molecule is COc1ccc(S(=O)(=O)Nc2cccnc2)cc1C(=O)Nc1ccccc1. The van der Waals surface area contributed by atoms with E-state index in [-0.39, 0.29) is 16.2 Å². The molecule has 0 fully saturated rings. The topological polar surface area (TPSA) is 97.4 Å². The number of nitrogens with zero attached hydrogens (tertiary/aromatic N) is 1. The molecule has 1 heterocycles. The zero-order chi connectivity index (χ0) is 19.3. The molecule has 2 aromatic carbocycles. The molecule has 0 saturated heterocycles.